The van der Waals surface area contributed by atoms with Gasteiger partial charge in [0.05, 0.1) is 0 Å². The van der Waals surface area contributed by atoms with Crippen molar-refractivity contribution < 1.29 is 4.74 Å². The maximum absolute atomic E-state index is 6.02. The number of alkyl halides is 1. The standard InChI is InChI=1S/C9H11ClO/c1-9(10,11-2)8-6-4-3-5-7-8/h3-7H,1-2H3. The van der Waals surface area contributed by atoms with Gasteiger partial charge in [-0.1, -0.05) is 41.9 Å². The van der Waals surface area contributed by atoms with E-state index in [2.05, 4.69) is 0 Å². The predicted molar refractivity (Wildman–Crippen MR) is 46.7 cm³/mol. The summed E-state index contributed by atoms with van der Waals surface area (Å²) in [6.07, 6.45) is 0. The number of halogens is 1. The minimum atomic E-state index is -0.693. The Balaban J connectivity index is 2.93. The maximum atomic E-state index is 6.02. The first-order valence-electron chi connectivity index (χ1n) is 3.46. The van der Waals surface area contributed by atoms with Gasteiger partial charge in [-0.25, -0.2) is 0 Å². The van der Waals surface area contributed by atoms with Crippen molar-refractivity contribution in [1.29, 1.82) is 0 Å². The first kappa shape index (κ1) is 8.57. The van der Waals surface area contributed by atoms with Crippen LogP contribution in [0, 0.1) is 0 Å². The number of benzene rings is 1. The highest BCUT2D eigenvalue weighted by molar-refractivity contribution is 6.22. The molecule has 0 aliphatic rings. The fourth-order valence-electron chi connectivity index (χ4n) is 0.854. The number of hydrogen-bond donors (Lipinski definition) is 0. The van der Waals surface area contributed by atoms with E-state index < -0.39 is 5.06 Å². The number of methoxy groups -OCH3 is 1. The lowest BCUT2D eigenvalue weighted by atomic mass is 10.1. The molecular formula is C9H11ClO. The van der Waals surface area contributed by atoms with Crippen LogP contribution in [0.4, 0.5) is 0 Å². The molecule has 0 saturated carbocycles. The molecule has 0 spiro atoms. The average molecular weight is 171 g/mol. The van der Waals surface area contributed by atoms with Crippen molar-refractivity contribution in [3.63, 3.8) is 0 Å². The summed E-state index contributed by atoms with van der Waals surface area (Å²) in [4.78, 5) is 0. The summed E-state index contributed by atoms with van der Waals surface area (Å²) >= 11 is 6.02. The molecule has 0 saturated heterocycles. The fraction of sp³-hybridized carbons (Fsp3) is 0.333. The van der Waals surface area contributed by atoms with E-state index in [1.54, 1.807) is 7.11 Å². The lowest BCUT2D eigenvalue weighted by Crippen LogP contribution is -2.15. The van der Waals surface area contributed by atoms with Crippen LogP contribution >= 0.6 is 11.6 Å². The average Bonchev–Trinajstić information content (AvgIpc) is 2.06. The second-order valence-corrected chi connectivity index (χ2v) is 3.21. The zero-order valence-electron chi connectivity index (χ0n) is 6.67. The highest BCUT2D eigenvalue weighted by Crippen LogP contribution is 2.28. The van der Waals surface area contributed by atoms with Gasteiger partial charge in [-0.2, -0.15) is 0 Å². The van der Waals surface area contributed by atoms with Gasteiger partial charge in [-0.05, 0) is 12.5 Å². The molecule has 60 valence electrons. The molecule has 0 aliphatic carbocycles. The summed E-state index contributed by atoms with van der Waals surface area (Å²) in [5.41, 5.74) is 0.976. The molecule has 11 heavy (non-hydrogen) atoms. The summed E-state index contributed by atoms with van der Waals surface area (Å²) in [5, 5.41) is -0.693. The maximum Gasteiger partial charge on any atom is 0.164 e. The van der Waals surface area contributed by atoms with Crippen LogP contribution in [0.3, 0.4) is 0 Å². The third-order valence-electron chi connectivity index (χ3n) is 1.67. The summed E-state index contributed by atoms with van der Waals surface area (Å²) in [6, 6.07) is 9.71. The van der Waals surface area contributed by atoms with Gasteiger partial charge in [0.15, 0.2) is 5.06 Å². The fourth-order valence-corrected chi connectivity index (χ4v) is 0.980. The first-order chi connectivity index (χ1) is 5.17. The minimum absolute atomic E-state index is 0.693. The van der Waals surface area contributed by atoms with E-state index >= 15 is 0 Å². The van der Waals surface area contributed by atoms with Gasteiger partial charge in [0.25, 0.3) is 0 Å². The van der Waals surface area contributed by atoms with E-state index in [1.807, 2.05) is 37.3 Å². The van der Waals surface area contributed by atoms with Crippen molar-refractivity contribution >= 4 is 11.6 Å². The molecule has 0 N–H and O–H groups in total. The Morgan fingerprint density at radius 3 is 2.27 bits per heavy atom. The van der Waals surface area contributed by atoms with Crippen LogP contribution in [0.5, 0.6) is 0 Å². The number of hydrogen-bond acceptors (Lipinski definition) is 1. The molecule has 0 amide bonds. The molecule has 0 radical (unpaired) electrons. The molecule has 0 heterocycles. The van der Waals surface area contributed by atoms with Crippen LogP contribution in [-0.4, -0.2) is 7.11 Å². The van der Waals surface area contributed by atoms with Crippen LogP contribution in [0.15, 0.2) is 30.3 Å². The monoisotopic (exact) mass is 170 g/mol. The van der Waals surface area contributed by atoms with Gasteiger partial charge in [-0.3, -0.25) is 0 Å². The lowest BCUT2D eigenvalue weighted by molar-refractivity contribution is 0.0786. The van der Waals surface area contributed by atoms with Gasteiger partial charge in [0.1, 0.15) is 0 Å². The van der Waals surface area contributed by atoms with Gasteiger partial charge in [-0.15, -0.1) is 0 Å². The van der Waals surface area contributed by atoms with Crippen molar-refractivity contribution in [3.8, 4) is 0 Å². The summed E-state index contributed by atoms with van der Waals surface area (Å²) < 4.78 is 5.09. The number of rotatable bonds is 2. The van der Waals surface area contributed by atoms with E-state index in [9.17, 15) is 0 Å². The van der Waals surface area contributed by atoms with E-state index in [1.165, 1.54) is 0 Å². The molecule has 0 aromatic heterocycles. The Morgan fingerprint density at radius 1 is 1.27 bits per heavy atom. The van der Waals surface area contributed by atoms with Crippen molar-refractivity contribution in [2.75, 3.05) is 7.11 Å². The molecule has 0 bridgehead atoms. The molecule has 1 rings (SSSR count). The van der Waals surface area contributed by atoms with E-state index in [4.69, 9.17) is 16.3 Å². The molecule has 1 aromatic rings. The quantitative estimate of drug-likeness (QED) is 0.621. The summed E-state index contributed by atoms with van der Waals surface area (Å²) in [6.45, 7) is 1.82. The summed E-state index contributed by atoms with van der Waals surface area (Å²) in [5.74, 6) is 0. The Hall–Kier alpha value is -0.530. The van der Waals surface area contributed by atoms with Crippen molar-refractivity contribution in [2.24, 2.45) is 0 Å². The third kappa shape index (κ3) is 1.95. The Kier molecular flexibility index (Phi) is 2.53. The van der Waals surface area contributed by atoms with Crippen LogP contribution in [-0.2, 0) is 9.80 Å². The highest BCUT2D eigenvalue weighted by Gasteiger charge is 2.21. The molecule has 0 fully saturated rings. The normalized spacial score (nSPS) is 15.9. The summed E-state index contributed by atoms with van der Waals surface area (Å²) in [7, 11) is 1.60. The second kappa shape index (κ2) is 3.24. The smallest absolute Gasteiger partial charge is 0.164 e. The second-order valence-electron chi connectivity index (χ2n) is 2.49. The Morgan fingerprint density at radius 2 is 1.82 bits per heavy atom. The zero-order valence-corrected chi connectivity index (χ0v) is 7.43. The van der Waals surface area contributed by atoms with Crippen LogP contribution in [0.1, 0.15) is 12.5 Å². The zero-order chi connectivity index (χ0) is 8.32. The Bertz CT molecular complexity index is 218. The van der Waals surface area contributed by atoms with Crippen molar-refractivity contribution in [1.82, 2.24) is 0 Å². The van der Waals surface area contributed by atoms with Gasteiger partial charge < -0.3 is 4.74 Å². The lowest BCUT2D eigenvalue weighted by Gasteiger charge is -2.20. The van der Waals surface area contributed by atoms with Crippen molar-refractivity contribution in [2.45, 2.75) is 12.0 Å². The first-order valence-corrected chi connectivity index (χ1v) is 3.84. The molecule has 1 atom stereocenters. The molecule has 2 heteroatoms. The molecule has 1 aromatic carbocycles. The third-order valence-corrected chi connectivity index (χ3v) is 2.05. The molecule has 1 nitrogen and oxygen atoms in total. The van der Waals surface area contributed by atoms with Crippen LogP contribution < -0.4 is 0 Å². The van der Waals surface area contributed by atoms with E-state index in [-0.39, 0.29) is 0 Å². The van der Waals surface area contributed by atoms with E-state index in [0.717, 1.165) is 5.56 Å². The molecular weight excluding hydrogens is 160 g/mol. The molecule has 0 aliphatic heterocycles. The SMILES string of the molecule is COC(C)(Cl)c1ccccc1. The largest absolute Gasteiger partial charge is 0.359 e. The number of ether oxygens (including phenoxy) is 1. The minimum Gasteiger partial charge on any atom is -0.359 e. The van der Waals surface area contributed by atoms with Gasteiger partial charge in [0, 0.05) is 7.11 Å². The van der Waals surface area contributed by atoms with Gasteiger partial charge >= 0.3 is 0 Å². The molecule has 1 unspecified atom stereocenters. The van der Waals surface area contributed by atoms with Crippen LogP contribution in [0.25, 0.3) is 0 Å². The Labute approximate surface area is 71.9 Å². The van der Waals surface area contributed by atoms with E-state index in [0.29, 0.717) is 0 Å². The van der Waals surface area contributed by atoms with Crippen molar-refractivity contribution in [3.05, 3.63) is 35.9 Å². The van der Waals surface area contributed by atoms with Crippen LogP contribution in [0.2, 0.25) is 0 Å². The highest BCUT2D eigenvalue weighted by atomic mass is 35.5. The van der Waals surface area contributed by atoms with Gasteiger partial charge in [0.2, 0.25) is 0 Å². The predicted octanol–water partition coefficient (Wildman–Crippen LogP) is 2.74. The topological polar surface area (TPSA) is 9.23 Å².